The van der Waals surface area contributed by atoms with Gasteiger partial charge in [0.05, 0.1) is 6.61 Å². The van der Waals surface area contributed by atoms with Crippen molar-refractivity contribution in [1.29, 1.82) is 0 Å². The monoisotopic (exact) mass is 186 g/mol. The summed E-state index contributed by atoms with van der Waals surface area (Å²) in [7, 11) is 0. The van der Waals surface area contributed by atoms with Gasteiger partial charge in [0.1, 0.15) is 0 Å². The molecular weight excluding hydrogens is 164 g/mol. The fourth-order valence-corrected chi connectivity index (χ4v) is 1.47. The first-order valence-electron chi connectivity index (χ1n) is 5.40. The van der Waals surface area contributed by atoms with Gasteiger partial charge < -0.3 is 4.74 Å². The molecule has 0 aliphatic rings. The van der Waals surface area contributed by atoms with E-state index in [2.05, 4.69) is 13.8 Å². The van der Waals surface area contributed by atoms with Gasteiger partial charge in [0, 0.05) is 6.42 Å². The van der Waals surface area contributed by atoms with Crippen molar-refractivity contribution in [3.05, 3.63) is 0 Å². The molecule has 0 saturated heterocycles. The Kier molecular flexibility index (Phi) is 7.76. The number of hydrogen-bond acceptors (Lipinski definition) is 2. The topological polar surface area (TPSA) is 26.3 Å². The lowest BCUT2D eigenvalue weighted by Gasteiger charge is -2.10. The molecular formula is C11H22O2. The van der Waals surface area contributed by atoms with Crippen LogP contribution >= 0.6 is 0 Å². The number of esters is 1. The van der Waals surface area contributed by atoms with Crippen molar-refractivity contribution < 1.29 is 9.53 Å². The van der Waals surface area contributed by atoms with Gasteiger partial charge in [0.25, 0.3) is 0 Å². The molecule has 0 saturated carbocycles. The maximum atomic E-state index is 11.0. The maximum Gasteiger partial charge on any atom is 0.305 e. The number of ether oxygens (including phenoxy) is 1. The van der Waals surface area contributed by atoms with Crippen molar-refractivity contribution in [3.63, 3.8) is 0 Å². The minimum atomic E-state index is -0.0477. The first kappa shape index (κ1) is 12.5. The molecule has 0 unspecified atom stereocenters. The molecule has 0 N–H and O–H groups in total. The summed E-state index contributed by atoms with van der Waals surface area (Å²) in [5.74, 6) is 0.739. The number of hydrogen-bond donors (Lipinski definition) is 0. The molecule has 0 aromatic rings. The first-order chi connectivity index (χ1) is 6.24. The highest BCUT2D eigenvalue weighted by atomic mass is 16.5. The third kappa shape index (κ3) is 6.62. The molecule has 0 heterocycles. The van der Waals surface area contributed by atoms with Crippen LogP contribution in [0.1, 0.15) is 52.9 Å². The number of rotatable bonds is 7. The van der Waals surface area contributed by atoms with Gasteiger partial charge in [-0.15, -0.1) is 0 Å². The average molecular weight is 186 g/mol. The highest BCUT2D eigenvalue weighted by molar-refractivity contribution is 5.69. The molecule has 0 atom stereocenters. The van der Waals surface area contributed by atoms with Crippen molar-refractivity contribution in [2.75, 3.05) is 6.61 Å². The van der Waals surface area contributed by atoms with Crippen LogP contribution in [0.15, 0.2) is 0 Å². The van der Waals surface area contributed by atoms with E-state index in [9.17, 15) is 4.79 Å². The second-order valence-electron chi connectivity index (χ2n) is 3.38. The van der Waals surface area contributed by atoms with E-state index in [0.29, 0.717) is 13.0 Å². The summed E-state index contributed by atoms with van der Waals surface area (Å²) in [4.78, 5) is 11.0. The largest absolute Gasteiger partial charge is 0.466 e. The van der Waals surface area contributed by atoms with Crippen molar-refractivity contribution in [2.24, 2.45) is 5.92 Å². The van der Waals surface area contributed by atoms with Gasteiger partial charge in [-0.3, -0.25) is 4.79 Å². The molecule has 0 radical (unpaired) electrons. The molecule has 78 valence electrons. The normalized spacial score (nSPS) is 10.5. The smallest absolute Gasteiger partial charge is 0.305 e. The van der Waals surface area contributed by atoms with Crippen molar-refractivity contribution >= 4 is 5.97 Å². The van der Waals surface area contributed by atoms with E-state index in [1.54, 1.807) is 0 Å². The molecule has 0 fully saturated rings. The Morgan fingerprint density at radius 3 is 2.31 bits per heavy atom. The lowest BCUT2D eigenvalue weighted by Crippen LogP contribution is -2.05. The third-order valence-corrected chi connectivity index (χ3v) is 2.45. The van der Waals surface area contributed by atoms with E-state index in [4.69, 9.17) is 4.74 Å². The highest BCUT2D eigenvalue weighted by Crippen LogP contribution is 2.15. The quantitative estimate of drug-likeness (QED) is 0.571. The summed E-state index contributed by atoms with van der Waals surface area (Å²) in [5.41, 5.74) is 0. The standard InChI is InChI=1S/C11H22O2/c1-4-10(5-2)8-7-9-11(12)13-6-3/h10H,4-9H2,1-3H3. The zero-order chi connectivity index (χ0) is 10.1. The molecule has 0 aromatic carbocycles. The second-order valence-corrected chi connectivity index (χ2v) is 3.38. The molecule has 0 amide bonds. The minimum absolute atomic E-state index is 0.0477. The summed E-state index contributed by atoms with van der Waals surface area (Å²) in [6.07, 6.45) is 5.17. The van der Waals surface area contributed by atoms with E-state index in [1.807, 2.05) is 6.92 Å². The molecule has 2 heteroatoms. The Labute approximate surface area is 81.7 Å². The SMILES string of the molecule is CCOC(=O)CCCC(CC)CC. The van der Waals surface area contributed by atoms with Gasteiger partial charge in [-0.1, -0.05) is 26.7 Å². The summed E-state index contributed by atoms with van der Waals surface area (Å²) in [6, 6.07) is 0. The third-order valence-electron chi connectivity index (χ3n) is 2.45. The predicted octanol–water partition coefficient (Wildman–Crippen LogP) is 3.16. The molecule has 2 nitrogen and oxygen atoms in total. The number of carbonyl (C=O) groups is 1. The summed E-state index contributed by atoms with van der Waals surface area (Å²) < 4.78 is 4.85. The molecule has 0 aliphatic heterocycles. The van der Waals surface area contributed by atoms with Crippen LogP contribution in [0.3, 0.4) is 0 Å². The van der Waals surface area contributed by atoms with Crippen LogP contribution < -0.4 is 0 Å². The van der Waals surface area contributed by atoms with Crippen LogP contribution in [-0.2, 0) is 9.53 Å². The van der Waals surface area contributed by atoms with Crippen LogP contribution in [0.5, 0.6) is 0 Å². The highest BCUT2D eigenvalue weighted by Gasteiger charge is 2.05. The molecule has 13 heavy (non-hydrogen) atoms. The summed E-state index contributed by atoms with van der Waals surface area (Å²) in [6.45, 7) is 6.76. The lowest BCUT2D eigenvalue weighted by molar-refractivity contribution is -0.143. The number of carbonyl (C=O) groups excluding carboxylic acids is 1. The molecule has 0 spiro atoms. The Bertz CT molecular complexity index is 128. The van der Waals surface area contributed by atoms with Crippen LogP contribution in [0.25, 0.3) is 0 Å². The predicted molar refractivity (Wildman–Crippen MR) is 54.6 cm³/mol. The zero-order valence-electron chi connectivity index (χ0n) is 9.14. The van der Waals surface area contributed by atoms with E-state index in [1.165, 1.54) is 12.8 Å². The lowest BCUT2D eigenvalue weighted by atomic mass is 9.97. The molecule has 0 rings (SSSR count). The van der Waals surface area contributed by atoms with Gasteiger partial charge in [0.2, 0.25) is 0 Å². The van der Waals surface area contributed by atoms with Gasteiger partial charge in [0.15, 0.2) is 0 Å². The van der Waals surface area contributed by atoms with Crippen LogP contribution in [0, 0.1) is 5.92 Å². The van der Waals surface area contributed by atoms with Crippen molar-refractivity contribution in [2.45, 2.75) is 52.9 Å². The van der Waals surface area contributed by atoms with Crippen molar-refractivity contribution in [1.82, 2.24) is 0 Å². The van der Waals surface area contributed by atoms with Crippen LogP contribution in [-0.4, -0.2) is 12.6 Å². The minimum Gasteiger partial charge on any atom is -0.466 e. The van der Waals surface area contributed by atoms with Crippen molar-refractivity contribution in [3.8, 4) is 0 Å². The Morgan fingerprint density at radius 1 is 1.23 bits per heavy atom. The van der Waals surface area contributed by atoms with Crippen LogP contribution in [0.2, 0.25) is 0 Å². The summed E-state index contributed by atoms with van der Waals surface area (Å²) >= 11 is 0. The first-order valence-corrected chi connectivity index (χ1v) is 5.40. The fraction of sp³-hybridized carbons (Fsp3) is 0.909. The Morgan fingerprint density at radius 2 is 1.85 bits per heavy atom. The van der Waals surface area contributed by atoms with E-state index < -0.39 is 0 Å². The molecule has 0 bridgehead atoms. The van der Waals surface area contributed by atoms with Crippen LogP contribution in [0.4, 0.5) is 0 Å². The van der Waals surface area contributed by atoms with E-state index >= 15 is 0 Å². The maximum absolute atomic E-state index is 11.0. The summed E-state index contributed by atoms with van der Waals surface area (Å²) in [5, 5.41) is 0. The van der Waals surface area contributed by atoms with Gasteiger partial charge in [-0.25, -0.2) is 0 Å². The fourth-order valence-electron chi connectivity index (χ4n) is 1.47. The van der Waals surface area contributed by atoms with Gasteiger partial charge in [-0.2, -0.15) is 0 Å². The average Bonchev–Trinajstić information content (AvgIpc) is 2.13. The Hall–Kier alpha value is -0.530. The van der Waals surface area contributed by atoms with Gasteiger partial charge >= 0.3 is 5.97 Å². The molecule has 0 aliphatic carbocycles. The van der Waals surface area contributed by atoms with E-state index in [0.717, 1.165) is 18.8 Å². The zero-order valence-corrected chi connectivity index (χ0v) is 9.14. The Balaban J connectivity index is 3.37. The molecule has 0 aromatic heterocycles. The second kappa shape index (κ2) is 8.09. The van der Waals surface area contributed by atoms with E-state index in [-0.39, 0.29) is 5.97 Å². The van der Waals surface area contributed by atoms with Gasteiger partial charge in [-0.05, 0) is 25.7 Å².